The zero-order chi connectivity index (χ0) is 8.91. The fourth-order valence-electron chi connectivity index (χ4n) is 1.14. The van der Waals surface area contributed by atoms with E-state index in [-0.39, 0.29) is 11.6 Å². The second-order valence-electron chi connectivity index (χ2n) is 3.80. The molecule has 0 spiro atoms. The Balaban J connectivity index is 3.54. The molecule has 68 valence electrons. The highest BCUT2D eigenvalue weighted by molar-refractivity contribution is 4.76. The molecule has 0 aromatic heterocycles. The topological polar surface area (TPSA) is 32.3 Å². The van der Waals surface area contributed by atoms with Crippen LogP contribution >= 0.6 is 0 Å². The molecular weight excluding hydrogens is 138 g/mol. The van der Waals surface area contributed by atoms with Crippen LogP contribution in [0, 0.1) is 0 Å². The summed E-state index contributed by atoms with van der Waals surface area (Å²) in [6.07, 6.45) is 1.73. The van der Waals surface area contributed by atoms with Crippen LogP contribution < -0.4 is 5.32 Å². The minimum absolute atomic E-state index is 0.172. The number of hydrogen-bond acceptors (Lipinski definition) is 2. The second-order valence-corrected chi connectivity index (χ2v) is 3.80. The van der Waals surface area contributed by atoms with Crippen molar-refractivity contribution in [2.45, 2.75) is 52.2 Å². The van der Waals surface area contributed by atoms with Gasteiger partial charge in [-0.15, -0.1) is 0 Å². The van der Waals surface area contributed by atoms with E-state index in [0.29, 0.717) is 0 Å². The van der Waals surface area contributed by atoms with Crippen LogP contribution in [-0.4, -0.2) is 23.3 Å². The first-order valence-electron chi connectivity index (χ1n) is 4.41. The van der Waals surface area contributed by atoms with Gasteiger partial charge < -0.3 is 10.4 Å². The van der Waals surface area contributed by atoms with Crippen molar-refractivity contribution in [2.75, 3.05) is 6.54 Å². The summed E-state index contributed by atoms with van der Waals surface area (Å²) in [5, 5.41) is 12.4. The summed E-state index contributed by atoms with van der Waals surface area (Å²) < 4.78 is 0. The van der Waals surface area contributed by atoms with Gasteiger partial charge in [0.15, 0.2) is 0 Å². The Hall–Kier alpha value is -0.0800. The summed E-state index contributed by atoms with van der Waals surface area (Å²) in [6.45, 7) is 9.26. The first-order chi connectivity index (χ1) is 4.98. The number of hydrogen-bond donors (Lipinski definition) is 2. The fraction of sp³-hybridized carbons (Fsp3) is 1.00. The van der Waals surface area contributed by atoms with Gasteiger partial charge in [0.1, 0.15) is 0 Å². The van der Waals surface area contributed by atoms with Gasteiger partial charge >= 0.3 is 0 Å². The van der Waals surface area contributed by atoms with Crippen LogP contribution in [0.3, 0.4) is 0 Å². The average Bonchev–Trinajstić information content (AvgIpc) is 1.84. The van der Waals surface area contributed by atoms with E-state index in [4.69, 9.17) is 5.11 Å². The second kappa shape index (κ2) is 4.73. The predicted molar refractivity (Wildman–Crippen MR) is 48.7 cm³/mol. The first kappa shape index (κ1) is 10.9. The van der Waals surface area contributed by atoms with Gasteiger partial charge in [0, 0.05) is 5.54 Å². The third-order valence-corrected chi connectivity index (χ3v) is 1.84. The van der Waals surface area contributed by atoms with Crippen molar-refractivity contribution in [3.63, 3.8) is 0 Å². The van der Waals surface area contributed by atoms with Gasteiger partial charge in [-0.1, -0.05) is 6.92 Å². The number of nitrogens with one attached hydrogen (secondary N) is 1. The van der Waals surface area contributed by atoms with E-state index in [1.54, 1.807) is 0 Å². The van der Waals surface area contributed by atoms with E-state index in [0.717, 1.165) is 19.4 Å². The Labute approximate surface area is 70.0 Å². The third-order valence-electron chi connectivity index (χ3n) is 1.84. The molecule has 0 saturated carbocycles. The van der Waals surface area contributed by atoms with Crippen LogP contribution in [0.15, 0.2) is 0 Å². The van der Waals surface area contributed by atoms with Crippen molar-refractivity contribution in [1.82, 2.24) is 5.32 Å². The SMILES string of the molecule is CCNC(C)(C)CCC(C)O. The van der Waals surface area contributed by atoms with Gasteiger partial charge in [0.2, 0.25) is 0 Å². The Morgan fingerprint density at radius 1 is 1.45 bits per heavy atom. The van der Waals surface area contributed by atoms with E-state index >= 15 is 0 Å². The molecule has 0 aliphatic rings. The van der Waals surface area contributed by atoms with E-state index in [1.807, 2.05) is 6.92 Å². The van der Waals surface area contributed by atoms with Crippen LogP contribution in [0.2, 0.25) is 0 Å². The molecule has 0 bridgehead atoms. The minimum atomic E-state index is -0.173. The monoisotopic (exact) mass is 159 g/mol. The highest BCUT2D eigenvalue weighted by atomic mass is 16.3. The zero-order valence-electron chi connectivity index (χ0n) is 8.15. The molecular formula is C9H21NO. The molecule has 0 fully saturated rings. The summed E-state index contributed by atoms with van der Waals surface area (Å²) in [6, 6.07) is 0. The molecule has 0 aliphatic carbocycles. The molecule has 2 heteroatoms. The highest BCUT2D eigenvalue weighted by Gasteiger charge is 2.15. The Kier molecular flexibility index (Phi) is 4.69. The van der Waals surface area contributed by atoms with Crippen molar-refractivity contribution < 1.29 is 5.11 Å². The molecule has 1 unspecified atom stereocenters. The predicted octanol–water partition coefficient (Wildman–Crippen LogP) is 1.54. The van der Waals surface area contributed by atoms with Crippen molar-refractivity contribution >= 4 is 0 Å². The zero-order valence-corrected chi connectivity index (χ0v) is 8.15. The minimum Gasteiger partial charge on any atom is -0.393 e. The van der Waals surface area contributed by atoms with Crippen LogP contribution in [0.5, 0.6) is 0 Å². The molecule has 0 heterocycles. The largest absolute Gasteiger partial charge is 0.393 e. The molecule has 0 rings (SSSR count). The Morgan fingerprint density at radius 3 is 2.36 bits per heavy atom. The quantitative estimate of drug-likeness (QED) is 0.637. The van der Waals surface area contributed by atoms with Gasteiger partial charge in [0.25, 0.3) is 0 Å². The van der Waals surface area contributed by atoms with Crippen molar-refractivity contribution in [3.8, 4) is 0 Å². The number of aliphatic hydroxyl groups excluding tert-OH is 1. The smallest absolute Gasteiger partial charge is 0.0512 e. The van der Waals surface area contributed by atoms with Crippen LogP contribution in [-0.2, 0) is 0 Å². The molecule has 0 aliphatic heterocycles. The summed E-state index contributed by atoms with van der Waals surface area (Å²) in [5.41, 5.74) is 0.172. The summed E-state index contributed by atoms with van der Waals surface area (Å²) in [4.78, 5) is 0. The maximum atomic E-state index is 9.06. The molecule has 2 N–H and O–H groups in total. The third kappa shape index (κ3) is 6.32. The maximum absolute atomic E-state index is 9.06. The summed E-state index contributed by atoms with van der Waals surface area (Å²) in [5.74, 6) is 0. The molecule has 0 saturated heterocycles. The van der Waals surface area contributed by atoms with Gasteiger partial charge in [-0.3, -0.25) is 0 Å². The molecule has 0 amide bonds. The average molecular weight is 159 g/mol. The highest BCUT2D eigenvalue weighted by Crippen LogP contribution is 2.12. The first-order valence-corrected chi connectivity index (χ1v) is 4.41. The van der Waals surface area contributed by atoms with E-state index < -0.39 is 0 Å². The van der Waals surface area contributed by atoms with Crippen LogP contribution in [0.1, 0.15) is 40.5 Å². The molecule has 0 aromatic rings. The lowest BCUT2D eigenvalue weighted by Gasteiger charge is -2.26. The van der Waals surface area contributed by atoms with Crippen molar-refractivity contribution in [2.24, 2.45) is 0 Å². The molecule has 1 atom stereocenters. The van der Waals surface area contributed by atoms with E-state index in [1.165, 1.54) is 0 Å². The molecule has 2 nitrogen and oxygen atoms in total. The van der Waals surface area contributed by atoms with E-state index in [9.17, 15) is 0 Å². The van der Waals surface area contributed by atoms with Crippen molar-refractivity contribution in [3.05, 3.63) is 0 Å². The molecule has 11 heavy (non-hydrogen) atoms. The molecule has 0 aromatic carbocycles. The van der Waals surface area contributed by atoms with Crippen molar-refractivity contribution in [1.29, 1.82) is 0 Å². The van der Waals surface area contributed by atoms with Crippen LogP contribution in [0.4, 0.5) is 0 Å². The number of rotatable bonds is 5. The lowest BCUT2D eigenvalue weighted by molar-refractivity contribution is 0.167. The van der Waals surface area contributed by atoms with E-state index in [2.05, 4.69) is 26.1 Å². The standard InChI is InChI=1S/C9H21NO/c1-5-10-9(3,4)7-6-8(2)11/h8,10-11H,5-7H2,1-4H3. The summed E-state index contributed by atoms with van der Waals surface area (Å²) >= 11 is 0. The normalized spacial score (nSPS) is 15.0. The van der Waals surface area contributed by atoms with Gasteiger partial charge in [-0.05, 0) is 40.2 Å². The Morgan fingerprint density at radius 2 is 2.00 bits per heavy atom. The number of aliphatic hydroxyl groups is 1. The Bertz CT molecular complexity index is 99.7. The fourth-order valence-corrected chi connectivity index (χ4v) is 1.14. The van der Waals surface area contributed by atoms with Gasteiger partial charge in [0.05, 0.1) is 6.10 Å². The van der Waals surface area contributed by atoms with Gasteiger partial charge in [-0.25, -0.2) is 0 Å². The maximum Gasteiger partial charge on any atom is 0.0512 e. The lowest BCUT2D eigenvalue weighted by Crippen LogP contribution is -2.39. The molecule has 0 radical (unpaired) electrons. The van der Waals surface area contributed by atoms with Crippen LogP contribution in [0.25, 0.3) is 0 Å². The summed E-state index contributed by atoms with van der Waals surface area (Å²) in [7, 11) is 0. The lowest BCUT2D eigenvalue weighted by atomic mass is 9.97. The van der Waals surface area contributed by atoms with Gasteiger partial charge in [-0.2, -0.15) is 0 Å².